The van der Waals surface area contributed by atoms with E-state index in [1.807, 2.05) is 24.3 Å². The number of likely N-dealkylation sites (N-methyl/N-ethyl adjacent to an activating group) is 1. The van der Waals surface area contributed by atoms with E-state index >= 15 is 0 Å². The first-order valence-electron chi connectivity index (χ1n) is 7.41. The molecule has 2 aromatic rings. The molecule has 0 saturated carbocycles. The molecule has 0 aliphatic heterocycles. The molecule has 2 rings (SSSR count). The molecule has 1 aromatic heterocycles. The number of nitrogens with one attached hydrogen (secondary N) is 1. The number of carbonyl (C=O) groups is 1. The van der Waals surface area contributed by atoms with E-state index in [4.69, 9.17) is 16.3 Å². The Bertz CT molecular complexity index is 622. The highest BCUT2D eigenvalue weighted by molar-refractivity contribution is 6.30. The summed E-state index contributed by atoms with van der Waals surface area (Å²) < 4.78 is 5.57. The lowest BCUT2D eigenvalue weighted by Crippen LogP contribution is -2.40. The summed E-state index contributed by atoms with van der Waals surface area (Å²) in [6.07, 6.45) is 4.29. The molecule has 0 aliphatic carbocycles. The molecule has 1 aromatic carbocycles. The van der Waals surface area contributed by atoms with Crippen molar-refractivity contribution in [2.75, 3.05) is 26.7 Å². The zero-order valence-electron chi connectivity index (χ0n) is 13.0. The van der Waals surface area contributed by atoms with Crippen molar-refractivity contribution >= 4 is 17.6 Å². The highest BCUT2D eigenvalue weighted by Crippen LogP contribution is 2.16. The van der Waals surface area contributed by atoms with Crippen LogP contribution < -0.4 is 10.1 Å². The van der Waals surface area contributed by atoms with E-state index < -0.39 is 0 Å². The quantitative estimate of drug-likeness (QED) is 0.847. The van der Waals surface area contributed by atoms with Gasteiger partial charge in [-0.25, -0.2) is 4.79 Å². The van der Waals surface area contributed by atoms with E-state index in [1.165, 1.54) is 0 Å². The van der Waals surface area contributed by atoms with E-state index in [0.29, 0.717) is 30.5 Å². The molecule has 0 saturated heterocycles. The van der Waals surface area contributed by atoms with Gasteiger partial charge in [0.2, 0.25) is 0 Å². The van der Waals surface area contributed by atoms with Crippen LogP contribution in [0.25, 0.3) is 0 Å². The van der Waals surface area contributed by atoms with Crippen LogP contribution in [0.5, 0.6) is 5.75 Å². The Balaban J connectivity index is 1.64. The summed E-state index contributed by atoms with van der Waals surface area (Å²) in [5.74, 6) is 0.697. The number of hydrogen-bond donors (Lipinski definition) is 1. The molecular weight excluding hydrogens is 314 g/mol. The maximum atomic E-state index is 12.0. The first-order chi connectivity index (χ1) is 11.1. The lowest BCUT2D eigenvalue weighted by atomic mass is 10.2. The molecule has 0 bridgehead atoms. The molecular formula is C17H20ClN3O2. The number of nitrogens with zero attached hydrogens (tertiary/aromatic N) is 2. The Morgan fingerprint density at radius 2 is 2.22 bits per heavy atom. The molecule has 5 nitrogen and oxygen atoms in total. The minimum atomic E-state index is -0.122. The van der Waals surface area contributed by atoms with Crippen LogP contribution in [0.1, 0.15) is 5.56 Å². The van der Waals surface area contributed by atoms with E-state index in [9.17, 15) is 4.79 Å². The van der Waals surface area contributed by atoms with Gasteiger partial charge in [0.15, 0.2) is 0 Å². The number of benzene rings is 1. The second-order valence-electron chi connectivity index (χ2n) is 5.07. The number of ether oxygens (including phenoxy) is 1. The third-order valence-corrected chi connectivity index (χ3v) is 3.49. The van der Waals surface area contributed by atoms with Gasteiger partial charge in [-0.15, -0.1) is 0 Å². The third-order valence-electron chi connectivity index (χ3n) is 3.25. The number of halogens is 1. The summed E-state index contributed by atoms with van der Waals surface area (Å²) in [6.45, 7) is 1.47. The number of urea groups is 1. The monoisotopic (exact) mass is 333 g/mol. The van der Waals surface area contributed by atoms with Crippen LogP contribution in [0.15, 0.2) is 48.8 Å². The van der Waals surface area contributed by atoms with Gasteiger partial charge in [0.25, 0.3) is 0 Å². The summed E-state index contributed by atoms with van der Waals surface area (Å²) in [4.78, 5) is 17.6. The average Bonchev–Trinajstić information content (AvgIpc) is 2.55. The van der Waals surface area contributed by atoms with Crippen molar-refractivity contribution in [3.05, 3.63) is 59.4 Å². The standard InChI is InChI=1S/C17H20ClN3O2/c1-21(10-11-23-16-6-2-5-15(18)12-16)17(22)20-9-7-14-4-3-8-19-13-14/h2-6,8,12-13H,7,9-11H2,1H3,(H,20,22). The zero-order chi connectivity index (χ0) is 16.5. The molecule has 0 fully saturated rings. The summed E-state index contributed by atoms with van der Waals surface area (Å²) in [7, 11) is 1.74. The van der Waals surface area contributed by atoms with Gasteiger partial charge in [-0.1, -0.05) is 23.7 Å². The van der Waals surface area contributed by atoms with Crippen molar-refractivity contribution in [2.45, 2.75) is 6.42 Å². The van der Waals surface area contributed by atoms with Crippen molar-refractivity contribution in [1.82, 2.24) is 15.2 Å². The fourth-order valence-corrected chi connectivity index (χ4v) is 2.13. The maximum Gasteiger partial charge on any atom is 0.317 e. The van der Waals surface area contributed by atoms with E-state index in [2.05, 4.69) is 10.3 Å². The van der Waals surface area contributed by atoms with E-state index in [-0.39, 0.29) is 6.03 Å². The molecule has 0 atom stereocenters. The van der Waals surface area contributed by atoms with Crippen molar-refractivity contribution in [3.8, 4) is 5.75 Å². The molecule has 0 unspecified atom stereocenters. The lowest BCUT2D eigenvalue weighted by molar-refractivity contribution is 0.195. The minimum absolute atomic E-state index is 0.122. The summed E-state index contributed by atoms with van der Waals surface area (Å²) in [5, 5.41) is 3.50. The Labute approximate surface area is 141 Å². The molecule has 1 heterocycles. The van der Waals surface area contributed by atoms with Gasteiger partial charge in [0.05, 0.1) is 6.54 Å². The average molecular weight is 334 g/mol. The maximum absolute atomic E-state index is 12.0. The van der Waals surface area contributed by atoms with Crippen molar-refractivity contribution in [3.63, 3.8) is 0 Å². The zero-order valence-corrected chi connectivity index (χ0v) is 13.8. The molecule has 1 N–H and O–H groups in total. The van der Waals surface area contributed by atoms with Crippen LogP contribution in [0.4, 0.5) is 4.79 Å². The fourth-order valence-electron chi connectivity index (χ4n) is 1.95. The van der Waals surface area contributed by atoms with Crippen LogP contribution in [0.3, 0.4) is 0 Å². The van der Waals surface area contributed by atoms with Crippen LogP contribution in [-0.2, 0) is 6.42 Å². The predicted octanol–water partition coefficient (Wildman–Crippen LogP) is 3.00. The smallest absolute Gasteiger partial charge is 0.317 e. The van der Waals surface area contributed by atoms with Crippen LogP contribution in [0.2, 0.25) is 5.02 Å². The fraction of sp³-hybridized carbons (Fsp3) is 0.294. The van der Waals surface area contributed by atoms with Crippen molar-refractivity contribution in [1.29, 1.82) is 0 Å². The molecule has 0 aliphatic rings. The number of amides is 2. The Morgan fingerprint density at radius 1 is 1.35 bits per heavy atom. The second kappa shape index (κ2) is 9.00. The summed E-state index contributed by atoms with van der Waals surface area (Å²) in [5.41, 5.74) is 1.10. The van der Waals surface area contributed by atoms with Gasteiger partial charge in [0, 0.05) is 31.0 Å². The lowest BCUT2D eigenvalue weighted by Gasteiger charge is -2.18. The van der Waals surface area contributed by atoms with Gasteiger partial charge in [-0.2, -0.15) is 0 Å². The van der Waals surface area contributed by atoms with Gasteiger partial charge < -0.3 is 15.0 Å². The number of carbonyl (C=O) groups excluding carboxylic acids is 1. The first kappa shape index (κ1) is 17.1. The summed E-state index contributed by atoms with van der Waals surface area (Å²) >= 11 is 5.89. The minimum Gasteiger partial charge on any atom is -0.492 e. The molecule has 0 spiro atoms. The summed E-state index contributed by atoms with van der Waals surface area (Å²) in [6, 6.07) is 10.9. The van der Waals surface area contributed by atoms with Crippen LogP contribution in [0, 0.1) is 0 Å². The van der Waals surface area contributed by atoms with Gasteiger partial charge >= 0.3 is 6.03 Å². The van der Waals surface area contributed by atoms with Gasteiger partial charge in [-0.3, -0.25) is 4.98 Å². The van der Waals surface area contributed by atoms with Crippen molar-refractivity contribution < 1.29 is 9.53 Å². The van der Waals surface area contributed by atoms with Crippen LogP contribution in [-0.4, -0.2) is 42.7 Å². The van der Waals surface area contributed by atoms with Gasteiger partial charge in [0.1, 0.15) is 12.4 Å². The van der Waals surface area contributed by atoms with E-state index in [0.717, 1.165) is 12.0 Å². The number of pyridine rings is 1. The van der Waals surface area contributed by atoms with E-state index in [1.54, 1.807) is 36.5 Å². The van der Waals surface area contributed by atoms with Crippen LogP contribution >= 0.6 is 11.6 Å². The highest BCUT2D eigenvalue weighted by atomic mass is 35.5. The van der Waals surface area contributed by atoms with Crippen molar-refractivity contribution in [2.24, 2.45) is 0 Å². The number of aromatic nitrogens is 1. The predicted molar refractivity (Wildman–Crippen MR) is 90.9 cm³/mol. The SMILES string of the molecule is CN(CCOc1cccc(Cl)c1)C(=O)NCCc1cccnc1. The molecule has 6 heteroatoms. The normalized spacial score (nSPS) is 10.2. The Kier molecular flexibility index (Phi) is 6.69. The first-order valence-corrected chi connectivity index (χ1v) is 7.79. The largest absolute Gasteiger partial charge is 0.492 e. The molecule has 23 heavy (non-hydrogen) atoms. The highest BCUT2D eigenvalue weighted by Gasteiger charge is 2.07. The number of hydrogen-bond acceptors (Lipinski definition) is 3. The second-order valence-corrected chi connectivity index (χ2v) is 5.51. The molecule has 122 valence electrons. The van der Waals surface area contributed by atoms with Gasteiger partial charge in [-0.05, 0) is 36.2 Å². The molecule has 2 amide bonds. The Hall–Kier alpha value is -2.27. The Morgan fingerprint density at radius 3 is 2.96 bits per heavy atom. The third kappa shape index (κ3) is 6.16. The number of rotatable bonds is 7. The molecule has 0 radical (unpaired) electrons. The topological polar surface area (TPSA) is 54.5 Å².